The molecule has 2 aromatic heterocycles. The highest BCUT2D eigenvalue weighted by molar-refractivity contribution is 5.84. The van der Waals surface area contributed by atoms with Crippen molar-refractivity contribution in [3.63, 3.8) is 0 Å². The Morgan fingerprint density at radius 2 is 1.56 bits per heavy atom. The maximum absolute atomic E-state index is 10.0. The monoisotopic (exact) mass is 509 g/mol. The smallest absolute Gasteiger partial charge is 0.171 e. The van der Waals surface area contributed by atoms with Crippen molar-refractivity contribution in [2.75, 3.05) is 18.4 Å². The molecular formula is C32H27N7. The Hall–Kier alpha value is -4.80. The third-order valence-electron chi connectivity index (χ3n) is 7.98. The van der Waals surface area contributed by atoms with Crippen molar-refractivity contribution >= 4 is 11.5 Å². The number of likely N-dealkylation sites (tertiary alicyclic amines) is 1. The number of para-hydroxylation sites is 1. The number of hydrogen-bond donors (Lipinski definition) is 1. The third kappa shape index (κ3) is 4.06. The van der Waals surface area contributed by atoms with Gasteiger partial charge in [-0.2, -0.15) is 5.26 Å². The van der Waals surface area contributed by atoms with Crippen molar-refractivity contribution in [2.45, 2.75) is 24.8 Å². The van der Waals surface area contributed by atoms with Gasteiger partial charge in [-0.1, -0.05) is 66.7 Å². The Morgan fingerprint density at radius 3 is 2.36 bits per heavy atom. The van der Waals surface area contributed by atoms with Gasteiger partial charge in [0.2, 0.25) is 0 Å². The van der Waals surface area contributed by atoms with Gasteiger partial charge in [0.05, 0.1) is 22.9 Å². The first-order valence-electron chi connectivity index (χ1n) is 13.3. The predicted octanol–water partition coefficient (Wildman–Crippen LogP) is 6.11. The van der Waals surface area contributed by atoms with E-state index in [1.54, 1.807) is 6.20 Å². The highest BCUT2D eigenvalue weighted by Gasteiger charge is 2.36. The molecule has 0 saturated carbocycles. The fourth-order valence-electron chi connectivity index (χ4n) is 5.79. The van der Waals surface area contributed by atoms with Gasteiger partial charge >= 0.3 is 0 Å². The van der Waals surface area contributed by atoms with E-state index in [4.69, 9.17) is 0 Å². The molecule has 2 aliphatic rings. The lowest BCUT2D eigenvalue weighted by Gasteiger charge is -2.37. The fourth-order valence-corrected chi connectivity index (χ4v) is 5.79. The SMILES string of the molecule is N#CC1(c2ccccc2)CCN(Cc2ccc(-c3nnc4n3-c3cccnc3Nc3ccccc3-4)cc2)CC1. The molecule has 3 aromatic carbocycles. The molecule has 39 heavy (non-hydrogen) atoms. The average Bonchev–Trinajstić information content (AvgIpc) is 3.38. The molecule has 1 fully saturated rings. The van der Waals surface area contributed by atoms with E-state index in [0.717, 1.165) is 78.0 Å². The van der Waals surface area contributed by atoms with Crippen molar-refractivity contribution < 1.29 is 0 Å². The summed E-state index contributed by atoms with van der Waals surface area (Å²) >= 11 is 0. The predicted molar refractivity (Wildman–Crippen MR) is 152 cm³/mol. The standard InChI is InChI=1S/C32H27N7/c33-22-32(25-7-2-1-3-8-25)16-19-38(20-17-32)21-23-12-14-24(15-13-23)30-36-37-31-26-9-4-5-10-27(26)35-29-28(39(30)31)11-6-18-34-29/h1-15,18H,16-17,19-21H2,(H,34,35). The second-order valence-electron chi connectivity index (χ2n) is 10.3. The Labute approximate surface area is 227 Å². The minimum atomic E-state index is -0.383. The maximum Gasteiger partial charge on any atom is 0.171 e. The first kappa shape index (κ1) is 23.3. The molecule has 2 aliphatic heterocycles. The van der Waals surface area contributed by atoms with Crippen molar-refractivity contribution in [2.24, 2.45) is 0 Å². The summed E-state index contributed by atoms with van der Waals surface area (Å²) < 4.78 is 2.09. The van der Waals surface area contributed by atoms with Crippen LogP contribution in [-0.2, 0) is 12.0 Å². The van der Waals surface area contributed by atoms with E-state index in [-0.39, 0.29) is 5.41 Å². The van der Waals surface area contributed by atoms with Gasteiger partial charge in [0.15, 0.2) is 17.5 Å². The summed E-state index contributed by atoms with van der Waals surface area (Å²) in [6, 6.07) is 33.6. The third-order valence-corrected chi connectivity index (χ3v) is 7.98. The van der Waals surface area contributed by atoms with Crippen molar-refractivity contribution in [3.8, 4) is 34.5 Å². The van der Waals surface area contributed by atoms with Gasteiger partial charge in [0.25, 0.3) is 0 Å². The molecule has 7 rings (SSSR count). The van der Waals surface area contributed by atoms with E-state index in [1.807, 2.05) is 48.5 Å². The highest BCUT2D eigenvalue weighted by atomic mass is 15.3. The molecule has 1 N–H and O–H groups in total. The van der Waals surface area contributed by atoms with Crippen LogP contribution in [0.3, 0.4) is 0 Å². The lowest BCUT2D eigenvalue weighted by atomic mass is 9.74. The van der Waals surface area contributed by atoms with Gasteiger partial charge < -0.3 is 5.32 Å². The number of rotatable bonds is 4. The largest absolute Gasteiger partial charge is 0.338 e. The second kappa shape index (κ2) is 9.50. The van der Waals surface area contributed by atoms with Gasteiger partial charge in [0, 0.05) is 37.0 Å². The molecule has 7 heteroatoms. The van der Waals surface area contributed by atoms with Gasteiger partial charge in [-0.3, -0.25) is 9.47 Å². The van der Waals surface area contributed by atoms with E-state index in [2.05, 4.69) is 78.5 Å². The van der Waals surface area contributed by atoms with Gasteiger partial charge in [-0.25, -0.2) is 4.98 Å². The molecule has 0 atom stereocenters. The van der Waals surface area contributed by atoms with E-state index in [1.165, 1.54) is 5.56 Å². The van der Waals surface area contributed by atoms with E-state index in [0.29, 0.717) is 0 Å². The summed E-state index contributed by atoms with van der Waals surface area (Å²) in [5.74, 6) is 2.34. The zero-order valence-electron chi connectivity index (χ0n) is 21.5. The van der Waals surface area contributed by atoms with Crippen LogP contribution in [0.5, 0.6) is 0 Å². The molecule has 0 aliphatic carbocycles. The molecule has 0 radical (unpaired) electrons. The number of piperidine rings is 1. The number of nitriles is 1. The van der Waals surface area contributed by atoms with Gasteiger partial charge in [-0.05, 0) is 48.2 Å². The quantitative estimate of drug-likeness (QED) is 0.309. The van der Waals surface area contributed by atoms with Crippen LogP contribution >= 0.6 is 0 Å². The molecule has 0 spiro atoms. The number of pyridine rings is 1. The van der Waals surface area contributed by atoms with E-state index < -0.39 is 0 Å². The van der Waals surface area contributed by atoms with Crippen LogP contribution in [0.25, 0.3) is 28.5 Å². The summed E-state index contributed by atoms with van der Waals surface area (Å²) in [6.45, 7) is 2.66. The van der Waals surface area contributed by atoms with Crippen molar-refractivity contribution in [1.29, 1.82) is 5.26 Å². The number of aromatic nitrogens is 4. The Kier molecular flexibility index (Phi) is 5.68. The average molecular weight is 510 g/mol. The van der Waals surface area contributed by atoms with Crippen LogP contribution in [0.15, 0.2) is 97.2 Å². The molecule has 190 valence electrons. The van der Waals surface area contributed by atoms with Crippen LogP contribution in [0.4, 0.5) is 11.5 Å². The number of hydrogen-bond acceptors (Lipinski definition) is 6. The minimum Gasteiger partial charge on any atom is -0.338 e. The molecule has 1 saturated heterocycles. The number of nitrogens with zero attached hydrogens (tertiary/aromatic N) is 6. The van der Waals surface area contributed by atoms with Gasteiger partial charge in [-0.15, -0.1) is 10.2 Å². The Bertz CT molecular complexity index is 1670. The van der Waals surface area contributed by atoms with Crippen LogP contribution < -0.4 is 5.32 Å². The molecule has 4 heterocycles. The molecule has 0 unspecified atom stereocenters. The minimum absolute atomic E-state index is 0.383. The number of nitrogens with one attached hydrogen (secondary N) is 1. The maximum atomic E-state index is 10.0. The molecular weight excluding hydrogens is 482 g/mol. The first-order chi connectivity index (χ1) is 19.2. The molecule has 0 amide bonds. The number of benzene rings is 3. The summed E-state index contributed by atoms with van der Waals surface area (Å²) in [4.78, 5) is 7.04. The van der Waals surface area contributed by atoms with Crippen molar-refractivity contribution in [3.05, 3.63) is 108 Å². The first-order valence-corrected chi connectivity index (χ1v) is 13.3. The Balaban J connectivity index is 1.14. The summed E-state index contributed by atoms with van der Waals surface area (Å²) in [7, 11) is 0. The Morgan fingerprint density at radius 1 is 0.821 bits per heavy atom. The highest BCUT2D eigenvalue weighted by Crippen LogP contribution is 2.39. The lowest BCUT2D eigenvalue weighted by molar-refractivity contribution is 0.179. The second-order valence-corrected chi connectivity index (χ2v) is 10.3. The summed E-state index contributed by atoms with van der Waals surface area (Å²) in [6.07, 6.45) is 3.49. The van der Waals surface area contributed by atoms with Crippen LogP contribution in [-0.4, -0.2) is 37.7 Å². The summed E-state index contributed by atoms with van der Waals surface area (Å²) in [5.41, 5.74) is 5.86. The lowest BCUT2D eigenvalue weighted by Crippen LogP contribution is -2.41. The molecule has 0 bridgehead atoms. The van der Waals surface area contributed by atoms with Crippen LogP contribution in [0.2, 0.25) is 0 Å². The number of anilines is 2. The van der Waals surface area contributed by atoms with Crippen LogP contribution in [0, 0.1) is 11.3 Å². The van der Waals surface area contributed by atoms with Crippen molar-refractivity contribution in [1.82, 2.24) is 24.6 Å². The number of fused-ring (bicyclic) bond motifs is 5. The fraction of sp³-hybridized carbons (Fsp3) is 0.188. The zero-order chi connectivity index (χ0) is 26.2. The summed E-state index contributed by atoms with van der Waals surface area (Å²) in [5, 5.41) is 22.7. The molecule has 7 nitrogen and oxygen atoms in total. The van der Waals surface area contributed by atoms with Gasteiger partial charge in [0.1, 0.15) is 0 Å². The van der Waals surface area contributed by atoms with E-state index >= 15 is 0 Å². The normalized spacial score (nSPS) is 15.7. The molecule has 5 aromatic rings. The van der Waals surface area contributed by atoms with Crippen LogP contribution in [0.1, 0.15) is 24.0 Å². The topological polar surface area (TPSA) is 82.7 Å². The van der Waals surface area contributed by atoms with E-state index in [9.17, 15) is 5.26 Å². The zero-order valence-corrected chi connectivity index (χ0v) is 21.5.